The smallest absolute Gasteiger partial charge is 0.253 e. The zero-order valence-electron chi connectivity index (χ0n) is 15.2. The molecule has 0 spiro atoms. The van der Waals surface area contributed by atoms with E-state index in [1.165, 1.54) is 6.42 Å². The Hall–Kier alpha value is -2.69. The topological polar surface area (TPSA) is 53.5 Å². The largest absolute Gasteiger partial charge is 0.341 e. The predicted molar refractivity (Wildman–Crippen MR) is 101 cm³/mol. The molecule has 5 heteroatoms. The van der Waals surface area contributed by atoms with Crippen LogP contribution in [-0.4, -0.2) is 53.3 Å². The number of carbonyl (C=O) groups is 2. The van der Waals surface area contributed by atoms with Gasteiger partial charge in [0.1, 0.15) is 0 Å². The lowest BCUT2D eigenvalue weighted by molar-refractivity contribution is 0.0724. The van der Waals surface area contributed by atoms with Crippen molar-refractivity contribution >= 4 is 11.8 Å². The van der Waals surface area contributed by atoms with Crippen molar-refractivity contribution in [2.45, 2.75) is 25.7 Å². The van der Waals surface area contributed by atoms with E-state index in [1.54, 1.807) is 48.6 Å². The van der Waals surface area contributed by atoms with Crippen LogP contribution in [0.2, 0.25) is 0 Å². The van der Waals surface area contributed by atoms with Crippen molar-refractivity contribution in [1.82, 2.24) is 14.8 Å². The molecule has 5 nitrogen and oxygen atoms in total. The van der Waals surface area contributed by atoms with E-state index >= 15 is 0 Å². The molecular formula is C21H25N3O2. The molecule has 0 atom stereocenters. The summed E-state index contributed by atoms with van der Waals surface area (Å²) in [7, 11) is 1.79. The molecule has 26 heavy (non-hydrogen) atoms. The summed E-state index contributed by atoms with van der Waals surface area (Å²) in [6, 6.07) is 11.0. The van der Waals surface area contributed by atoms with Crippen LogP contribution in [0.4, 0.5) is 0 Å². The van der Waals surface area contributed by atoms with Crippen LogP contribution in [0.1, 0.15) is 45.5 Å². The molecule has 0 aliphatic carbocycles. The quantitative estimate of drug-likeness (QED) is 0.832. The van der Waals surface area contributed by atoms with Gasteiger partial charge in [0.15, 0.2) is 0 Å². The van der Waals surface area contributed by atoms with E-state index in [4.69, 9.17) is 0 Å². The third-order valence-corrected chi connectivity index (χ3v) is 4.83. The Morgan fingerprint density at radius 2 is 1.73 bits per heavy atom. The highest BCUT2D eigenvalue weighted by molar-refractivity contribution is 5.99. The third-order valence-electron chi connectivity index (χ3n) is 4.83. The molecule has 2 amide bonds. The van der Waals surface area contributed by atoms with E-state index in [0.717, 1.165) is 37.9 Å². The molecule has 1 aromatic carbocycles. The Morgan fingerprint density at radius 3 is 2.46 bits per heavy atom. The highest BCUT2D eigenvalue weighted by Crippen LogP contribution is 2.15. The molecule has 0 radical (unpaired) electrons. The van der Waals surface area contributed by atoms with E-state index < -0.39 is 0 Å². The van der Waals surface area contributed by atoms with E-state index in [2.05, 4.69) is 4.98 Å². The first-order chi connectivity index (χ1) is 12.6. The summed E-state index contributed by atoms with van der Waals surface area (Å²) in [5.74, 6) is -0.0360. The molecule has 1 aliphatic heterocycles. The zero-order valence-corrected chi connectivity index (χ0v) is 15.2. The van der Waals surface area contributed by atoms with E-state index in [-0.39, 0.29) is 11.8 Å². The van der Waals surface area contributed by atoms with Crippen LogP contribution in [-0.2, 0) is 6.42 Å². The van der Waals surface area contributed by atoms with Gasteiger partial charge in [-0.3, -0.25) is 14.6 Å². The van der Waals surface area contributed by atoms with Gasteiger partial charge in [-0.05, 0) is 61.6 Å². The van der Waals surface area contributed by atoms with Crippen LogP contribution in [0.3, 0.4) is 0 Å². The summed E-state index contributed by atoms with van der Waals surface area (Å²) in [5, 5.41) is 0. The Kier molecular flexibility index (Phi) is 6.00. The number of aromatic nitrogens is 1. The van der Waals surface area contributed by atoms with Gasteiger partial charge < -0.3 is 9.80 Å². The molecular weight excluding hydrogens is 326 g/mol. The summed E-state index contributed by atoms with van der Waals surface area (Å²) in [4.78, 5) is 32.9. The number of piperidine rings is 1. The third kappa shape index (κ3) is 4.48. The summed E-state index contributed by atoms with van der Waals surface area (Å²) < 4.78 is 0. The molecule has 0 N–H and O–H groups in total. The number of hydrogen-bond donors (Lipinski definition) is 0. The number of nitrogens with zero attached hydrogens (tertiary/aromatic N) is 3. The second-order valence-electron chi connectivity index (χ2n) is 6.77. The summed E-state index contributed by atoms with van der Waals surface area (Å²) in [6.45, 7) is 2.23. The van der Waals surface area contributed by atoms with Crippen molar-refractivity contribution in [3.8, 4) is 0 Å². The van der Waals surface area contributed by atoms with Gasteiger partial charge in [-0.1, -0.05) is 6.07 Å². The zero-order chi connectivity index (χ0) is 18.4. The van der Waals surface area contributed by atoms with Gasteiger partial charge in [0.25, 0.3) is 11.8 Å². The van der Waals surface area contributed by atoms with E-state index in [9.17, 15) is 9.59 Å². The first kappa shape index (κ1) is 18.1. The van der Waals surface area contributed by atoms with Gasteiger partial charge in [0, 0.05) is 50.2 Å². The minimum absolute atomic E-state index is 0.0267. The molecule has 2 aromatic rings. The highest BCUT2D eigenvalue weighted by atomic mass is 16.2. The molecule has 136 valence electrons. The lowest BCUT2D eigenvalue weighted by atomic mass is 10.1. The van der Waals surface area contributed by atoms with Crippen molar-refractivity contribution in [2.75, 3.05) is 26.7 Å². The maximum atomic E-state index is 12.7. The number of pyridine rings is 1. The van der Waals surface area contributed by atoms with Crippen LogP contribution < -0.4 is 0 Å². The number of likely N-dealkylation sites (N-methyl/N-ethyl adjacent to an activating group) is 1. The monoisotopic (exact) mass is 351 g/mol. The minimum Gasteiger partial charge on any atom is -0.341 e. The molecule has 0 unspecified atom stereocenters. The minimum atomic E-state index is -0.0626. The standard InChI is InChI=1S/C21H25N3O2/c1-23(15-10-17-8-11-22-12-9-17)20(25)18-6-5-7-19(16-18)21(26)24-13-3-2-4-14-24/h5-9,11-12,16H,2-4,10,13-15H2,1H3. The van der Waals surface area contributed by atoms with Gasteiger partial charge in [-0.25, -0.2) is 0 Å². The summed E-state index contributed by atoms with van der Waals surface area (Å²) in [6.07, 6.45) is 7.59. The average Bonchev–Trinajstić information content (AvgIpc) is 2.72. The molecule has 1 aliphatic rings. The number of carbonyl (C=O) groups excluding carboxylic acids is 2. The van der Waals surface area contributed by atoms with Gasteiger partial charge in [0.2, 0.25) is 0 Å². The Bertz CT molecular complexity index is 755. The van der Waals surface area contributed by atoms with E-state index in [1.807, 2.05) is 17.0 Å². The lowest BCUT2D eigenvalue weighted by Crippen LogP contribution is -2.35. The van der Waals surface area contributed by atoms with Crippen molar-refractivity contribution in [3.05, 3.63) is 65.5 Å². The fourth-order valence-corrected chi connectivity index (χ4v) is 3.23. The van der Waals surface area contributed by atoms with Crippen LogP contribution in [0, 0.1) is 0 Å². The fourth-order valence-electron chi connectivity index (χ4n) is 3.23. The molecule has 1 aromatic heterocycles. The van der Waals surface area contributed by atoms with E-state index in [0.29, 0.717) is 17.7 Å². The number of hydrogen-bond acceptors (Lipinski definition) is 3. The highest BCUT2D eigenvalue weighted by Gasteiger charge is 2.20. The first-order valence-electron chi connectivity index (χ1n) is 9.19. The lowest BCUT2D eigenvalue weighted by Gasteiger charge is -2.27. The van der Waals surface area contributed by atoms with Crippen molar-refractivity contribution < 1.29 is 9.59 Å². The van der Waals surface area contributed by atoms with Crippen molar-refractivity contribution in [1.29, 1.82) is 0 Å². The average molecular weight is 351 g/mol. The summed E-state index contributed by atoms with van der Waals surface area (Å²) >= 11 is 0. The van der Waals surface area contributed by atoms with Crippen LogP contribution >= 0.6 is 0 Å². The second kappa shape index (κ2) is 8.61. The normalized spacial score (nSPS) is 14.1. The summed E-state index contributed by atoms with van der Waals surface area (Å²) in [5.41, 5.74) is 2.30. The molecule has 1 saturated heterocycles. The number of benzene rings is 1. The predicted octanol–water partition coefficient (Wildman–Crippen LogP) is 3.02. The Morgan fingerprint density at radius 1 is 1.04 bits per heavy atom. The molecule has 3 rings (SSSR count). The van der Waals surface area contributed by atoms with Crippen LogP contribution in [0.5, 0.6) is 0 Å². The molecule has 0 saturated carbocycles. The fraction of sp³-hybridized carbons (Fsp3) is 0.381. The maximum absolute atomic E-state index is 12.7. The Balaban J connectivity index is 1.64. The van der Waals surface area contributed by atoms with Crippen LogP contribution in [0.25, 0.3) is 0 Å². The van der Waals surface area contributed by atoms with Gasteiger partial charge in [0.05, 0.1) is 0 Å². The Labute approximate surface area is 154 Å². The first-order valence-corrected chi connectivity index (χ1v) is 9.19. The number of amides is 2. The van der Waals surface area contributed by atoms with Gasteiger partial charge >= 0.3 is 0 Å². The second-order valence-corrected chi connectivity index (χ2v) is 6.77. The molecule has 1 fully saturated rings. The van der Waals surface area contributed by atoms with Crippen LogP contribution in [0.15, 0.2) is 48.8 Å². The van der Waals surface area contributed by atoms with Gasteiger partial charge in [-0.15, -0.1) is 0 Å². The maximum Gasteiger partial charge on any atom is 0.253 e. The SMILES string of the molecule is CN(CCc1ccncc1)C(=O)c1cccc(C(=O)N2CCCCC2)c1. The van der Waals surface area contributed by atoms with Crippen molar-refractivity contribution in [2.24, 2.45) is 0 Å². The van der Waals surface area contributed by atoms with Crippen molar-refractivity contribution in [3.63, 3.8) is 0 Å². The number of likely N-dealkylation sites (tertiary alicyclic amines) is 1. The van der Waals surface area contributed by atoms with Gasteiger partial charge in [-0.2, -0.15) is 0 Å². The molecule has 0 bridgehead atoms. The molecule has 2 heterocycles. The number of rotatable bonds is 5.